The van der Waals surface area contributed by atoms with E-state index in [0.29, 0.717) is 5.82 Å². The van der Waals surface area contributed by atoms with Crippen LogP contribution in [0.1, 0.15) is 11.3 Å². The zero-order valence-electron chi connectivity index (χ0n) is 10.1. The molecular weight excluding hydrogens is 212 g/mol. The van der Waals surface area contributed by atoms with Gasteiger partial charge in [-0.05, 0) is 19.1 Å². The van der Waals surface area contributed by atoms with Crippen LogP contribution in [0.25, 0.3) is 0 Å². The molecule has 4 heteroatoms. The predicted molar refractivity (Wildman–Crippen MR) is 69.7 cm³/mol. The summed E-state index contributed by atoms with van der Waals surface area (Å²) < 4.78 is 0. The Morgan fingerprint density at radius 3 is 2.41 bits per heavy atom. The summed E-state index contributed by atoms with van der Waals surface area (Å²) in [5, 5.41) is 0. The third-order valence-electron chi connectivity index (χ3n) is 2.60. The first-order valence-corrected chi connectivity index (χ1v) is 5.49. The lowest BCUT2D eigenvalue weighted by Gasteiger charge is -2.18. The maximum atomic E-state index is 5.50. The lowest BCUT2D eigenvalue weighted by molar-refractivity contribution is 0.874. The molecule has 0 saturated carbocycles. The van der Waals surface area contributed by atoms with Crippen molar-refractivity contribution >= 4 is 11.5 Å². The van der Waals surface area contributed by atoms with E-state index in [9.17, 15) is 0 Å². The summed E-state index contributed by atoms with van der Waals surface area (Å²) in [6.07, 6.45) is 3.29. The normalized spacial score (nSPS) is 10.2. The molecule has 0 unspecified atom stereocenters. The molecular formula is C13H16N4. The molecule has 0 bridgehead atoms. The molecule has 2 N–H and O–H groups in total. The average molecular weight is 228 g/mol. The van der Waals surface area contributed by atoms with Crippen LogP contribution in [0.3, 0.4) is 0 Å². The van der Waals surface area contributed by atoms with E-state index in [0.717, 1.165) is 17.9 Å². The lowest BCUT2D eigenvalue weighted by atomic mass is 10.2. The molecule has 17 heavy (non-hydrogen) atoms. The van der Waals surface area contributed by atoms with Gasteiger partial charge >= 0.3 is 0 Å². The van der Waals surface area contributed by atoms with Gasteiger partial charge in [-0.3, -0.25) is 4.98 Å². The van der Waals surface area contributed by atoms with Gasteiger partial charge in [0.05, 0.1) is 24.6 Å². The SMILES string of the molecule is Cc1ccc(N(C)Cc2cnc(N)cn2)cc1. The summed E-state index contributed by atoms with van der Waals surface area (Å²) in [5.41, 5.74) is 8.82. The number of aryl methyl sites for hydroxylation is 1. The Labute approximate surface area is 101 Å². The summed E-state index contributed by atoms with van der Waals surface area (Å²) in [6.45, 7) is 2.80. The number of hydrogen-bond acceptors (Lipinski definition) is 4. The van der Waals surface area contributed by atoms with Gasteiger partial charge < -0.3 is 10.6 Å². The van der Waals surface area contributed by atoms with Crippen LogP contribution in [0.5, 0.6) is 0 Å². The largest absolute Gasteiger partial charge is 0.382 e. The van der Waals surface area contributed by atoms with Gasteiger partial charge in [0.2, 0.25) is 0 Å². The van der Waals surface area contributed by atoms with Crippen molar-refractivity contribution in [3.63, 3.8) is 0 Å². The second kappa shape index (κ2) is 4.82. The number of nitrogens with two attached hydrogens (primary N) is 1. The molecule has 1 aromatic carbocycles. The number of benzene rings is 1. The summed E-state index contributed by atoms with van der Waals surface area (Å²) >= 11 is 0. The molecule has 0 amide bonds. The Morgan fingerprint density at radius 2 is 1.82 bits per heavy atom. The first-order chi connectivity index (χ1) is 8.15. The van der Waals surface area contributed by atoms with Gasteiger partial charge in [0, 0.05) is 12.7 Å². The highest BCUT2D eigenvalue weighted by atomic mass is 15.1. The summed E-state index contributed by atoms with van der Waals surface area (Å²) in [4.78, 5) is 10.4. The summed E-state index contributed by atoms with van der Waals surface area (Å²) in [5.74, 6) is 0.451. The van der Waals surface area contributed by atoms with Crippen LogP contribution in [-0.2, 0) is 6.54 Å². The number of nitrogens with zero attached hydrogens (tertiary/aromatic N) is 3. The number of nitrogen functional groups attached to an aromatic ring is 1. The Bertz CT molecular complexity index is 476. The van der Waals surface area contributed by atoms with Crippen LogP contribution < -0.4 is 10.6 Å². The Hall–Kier alpha value is -2.10. The minimum absolute atomic E-state index is 0.451. The van der Waals surface area contributed by atoms with Gasteiger partial charge in [0.15, 0.2) is 0 Å². The fraction of sp³-hybridized carbons (Fsp3) is 0.231. The smallest absolute Gasteiger partial charge is 0.141 e. The van der Waals surface area contributed by atoms with Gasteiger partial charge in [-0.15, -0.1) is 0 Å². The molecule has 0 atom stereocenters. The maximum absolute atomic E-state index is 5.50. The Kier molecular flexibility index (Phi) is 3.23. The summed E-state index contributed by atoms with van der Waals surface area (Å²) in [7, 11) is 2.03. The van der Waals surface area contributed by atoms with E-state index in [2.05, 4.69) is 46.1 Å². The van der Waals surface area contributed by atoms with Crippen LogP contribution in [0.15, 0.2) is 36.7 Å². The zero-order valence-corrected chi connectivity index (χ0v) is 10.1. The highest BCUT2D eigenvalue weighted by Crippen LogP contribution is 2.15. The van der Waals surface area contributed by atoms with Crippen molar-refractivity contribution in [3.8, 4) is 0 Å². The molecule has 2 aromatic rings. The topological polar surface area (TPSA) is 55.0 Å². The first kappa shape index (κ1) is 11.4. The van der Waals surface area contributed by atoms with Crippen LogP contribution in [0.4, 0.5) is 11.5 Å². The molecule has 4 nitrogen and oxygen atoms in total. The lowest BCUT2D eigenvalue weighted by Crippen LogP contribution is -2.17. The Balaban J connectivity index is 2.08. The highest BCUT2D eigenvalue weighted by Gasteiger charge is 2.03. The van der Waals surface area contributed by atoms with E-state index < -0.39 is 0 Å². The molecule has 0 fully saturated rings. The molecule has 0 radical (unpaired) electrons. The molecule has 0 aliphatic carbocycles. The van der Waals surface area contributed by atoms with E-state index in [4.69, 9.17) is 5.73 Å². The van der Waals surface area contributed by atoms with Crippen molar-refractivity contribution in [2.45, 2.75) is 13.5 Å². The molecule has 1 aromatic heterocycles. The van der Waals surface area contributed by atoms with Crippen molar-refractivity contribution < 1.29 is 0 Å². The van der Waals surface area contributed by atoms with Crippen molar-refractivity contribution in [3.05, 3.63) is 47.9 Å². The zero-order chi connectivity index (χ0) is 12.3. The van der Waals surface area contributed by atoms with Crippen LogP contribution in [-0.4, -0.2) is 17.0 Å². The second-order valence-corrected chi connectivity index (χ2v) is 4.12. The van der Waals surface area contributed by atoms with Crippen LogP contribution in [0.2, 0.25) is 0 Å². The van der Waals surface area contributed by atoms with Crippen molar-refractivity contribution in [1.29, 1.82) is 0 Å². The predicted octanol–water partition coefficient (Wildman–Crippen LogP) is 2.00. The molecule has 2 rings (SSSR count). The molecule has 0 aliphatic rings. The number of anilines is 2. The first-order valence-electron chi connectivity index (χ1n) is 5.49. The maximum Gasteiger partial charge on any atom is 0.141 e. The minimum atomic E-state index is 0.451. The standard InChI is InChI=1S/C13H16N4/c1-10-3-5-12(6-4-10)17(2)9-11-7-16-13(14)8-15-11/h3-8H,9H2,1-2H3,(H2,14,16). The number of hydrogen-bond donors (Lipinski definition) is 1. The summed E-state index contributed by atoms with van der Waals surface area (Å²) in [6, 6.07) is 8.39. The van der Waals surface area contributed by atoms with Crippen molar-refractivity contribution in [2.75, 3.05) is 17.7 Å². The second-order valence-electron chi connectivity index (χ2n) is 4.12. The van der Waals surface area contributed by atoms with Gasteiger partial charge in [-0.2, -0.15) is 0 Å². The molecule has 0 aliphatic heterocycles. The van der Waals surface area contributed by atoms with Crippen LogP contribution >= 0.6 is 0 Å². The van der Waals surface area contributed by atoms with E-state index in [1.54, 1.807) is 12.4 Å². The monoisotopic (exact) mass is 228 g/mol. The Morgan fingerprint density at radius 1 is 1.12 bits per heavy atom. The van der Waals surface area contributed by atoms with E-state index >= 15 is 0 Å². The molecule has 88 valence electrons. The van der Waals surface area contributed by atoms with Crippen LogP contribution in [0, 0.1) is 6.92 Å². The van der Waals surface area contributed by atoms with E-state index in [-0.39, 0.29) is 0 Å². The minimum Gasteiger partial charge on any atom is -0.382 e. The van der Waals surface area contributed by atoms with Gasteiger partial charge in [-0.1, -0.05) is 17.7 Å². The fourth-order valence-corrected chi connectivity index (χ4v) is 1.58. The number of rotatable bonds is 3. The van der Waals surface area contributed by atoms with Crippen molar-refractivity contribution in [1.82, 2.24) is 9.97 Å². The van der Waals surface area contributed by atoms with E-state index in [1.165, 1.54) is 5.56 Å². The third kappa shape index (κ3) is 2.93. The molecule has 0 spiro atoms. The molecule has 1 heterocycles. The quantitative estimate of drug-likeness (QED) is 0.873. The molecule has 0 saturated heterocycles. The highest BCUT2D eigenvalue weighted by molar-refractivity contribution is 5.46. The van der Waals surface area contributed by atoms with Gasteiger partial charge in [0.1, 0.15) is 5.82 Å². The third-order valence-corrected chi connectivity index (χ3v) is 2.60. The van der Waals surface area contributed by atoms with Crippen molar-refractivity contribution in [2.24, 2.45) is 0 Å². The van der Waals surface area contributed by atoms with E-state index in [1.807, 2.05) is 7.05 Å². The van der Waals surface area contributed by atoms with Gasteiger partial charge in [0.25, 0.3) is 0 Å². The fourth-order valence-electron chi connectivity index (χ4n) is 1.58. The average Bonchev–Trinajstić information content (AvgIpc) is 2.33. The van der Waals surface area contributed by atoms with Gasteiger partial charge in [-0.25, -0.2) is 4.98 Å². The number of aromatic nitrogens is 2.